The molecule has 11 heteroatoms. The molecule has 3 heterocycles. The van der Waals surface area contributed by atoms with Crippen molar-refractivity contribution in [2.45, 2.75) is 175 Å². The molecule has 3 aliphatic heterocycles. The first-order valence-electron chi connectivity index (χ1n) is 20.8. The molecule has 2 fully saturated rings. The highest BCUT2D eigenvalue weighted by molar-refractivity contribution is 5.91. The molecule has 0 unspecified atom stereocenters. The number of rotatable bonds is 3. The molecule has 0 saturated carbocycles. The lowest BCUT2D eigenvalue weighted by Gasteiger charge is -2.52. The zero-order valence-electron chi connectivity index (χ0n) is 35.0. The second-order valence-corrected chi connectivity index (χ2v) is 17.6. The zero-order chi connectivity index (χ0) is 41.4. The van der Waals surface area contributed by atoms with E-state index >= 15 is 0 Å². The van der Waals surface area contributed by atoms with Crippen LogP contribution >= 0.6 is 0 Å². The standard InChI is InChI=1S/C44H72O11/c1-11-33-16-14-12-13-15-27(4)41(50)43(10,52)42(51)32(9)40(49)31(8)39(48)30(7)38(47)26(3)17-20-37(46)53-36-24-44(54-34(19-18-33)29(36)6)22-21-25(2)35(55-44)23-28(5)45/h12-14,16-17,20,25-36,38,40-41,45,47,49-50,52H,11,15,18-19,21-24H2,1-10H3/b13-12+,16-14+,20-17+/t25-,26-,27+,28+,29+,30-,31-,32-,33-,34-,35-,36-,38+,40+,41-,43+,44-/m1/s1. The van der Waals surface area contributed by atoms with Crippen molar-refractivity contribution >= 4 is 17.5 Å². The molecule has 0 aromatic carbocycles. The van der Waals surface area contributed by atoms with E-state index < -0.39 is 89.0 Å². The summed E-state index contributed by atoms with van der Waals surface area (Å²) in [5.74, 6) is -6.86. The lowest BCUT2D eigenvalue weighted by molar-refractivity contribution is -0.347. The fraction of sp³-hybridized carbons (Fsp3) is 0.795. The Kier molecular flexibility index (Phi) is 17.5. The average Bonchev–Trinajstić information content (AvgIpc) is 3.14. The Labute approximate surface area is 329 Å². The van der Waals surface area contributed by atoms with Crippen LogP contribution in [-0.2, 0) is 28.6 Å². The second kappa shape index (κ2) is 20.4. The van der Waals surface area contributed by atoms with Gasteiger partial charge in [0.15, 0.2) is 11.6 Å². The monoisotopic (exact) mass is 777 g/mol. The van der Waals surface area contributed by atoms with Crippen molar-refractivity contribution in [3.05, 3.63) is 36.5 Å². The van der Waals surface area contributed by atoms with Crippen molar-refractivity contribution < 1.29 is 54.1 Å². The van der Waals surface area contributed by atoms with Crippen molar-refractivity contribution in [1.29, 1.82) is 0 Å². The normalized spacial score (nSPS) is 46.1. The van der Waals surface area contributed by atoms with Gasteiger partial charge in [-0.3, -0.25) is 9.59 Å². The summed E-state index contributed by atoms with van der Waals surface area (Å²) < 4.78 is 19.7. The summed E-state index contributed by atoms with van der Waals surface area (Å²) in [5.41, 5.74) is -2.18. The molecule has 0 amide bonds. The number of aliphatic hydroxyl groups is 5. The molecule has 0 radical (unpaired) electrons. The van der Waals surface area contributed by atoms with E-state index in [4.69, 9.17) is 14.2 Å². The molecule has 2 bridgehead atoms. The molecule has 55 heavy (non-hydrogen) atoms. The number of esters is 1. The highest BCUT2D eigenvalue weighted by Crippen LogP contribution is 2.46. The lowest BCUT2D eigenvalue weighted by atomic mass is 9.75. The van der Waals surface area contributed by atoms with E-state index in [1.54, 1.807) is 20.8 Å². The SMILES string of the molecule is CC[C@@H]1/C=C/C=C/C[C@H](C)[C@@H](O)[C@](C)(O)C(=O)[C@H](C)[C@@H](O)[C@H](C)C(=O)[C@H](C)[C@@H](O)[C@H](C)/C=C/C(=O)O[C@@H]2C[C@]3(CC[C@@H](C)[C@@H](C[C@H](C)O)O3)O[C@H](CC1)[C@@H]2C. The zero-order valence-corrected chi connectivity index (χ0v) is 35.0. The number of ketones is 2. The Morgan fingerprint density at radius 1 is 0.836 bits per heavy atom. The Morgan fingerprint density at radius 2 is 1.49 bits per heavy atom. The van der Waals surface area contributed by atoms with Crippen LogP contribution in [0.3, 0.4) is 0 Å². The van der Waals surface area contributed by atoms with Gasteiger partial charge in [-0.25, -0.2) is 4.79 Å². The number of Topliss-reactive ketones (excluding diaryl/α,β-unsaturated/α-hetero) is 2. The molecule has 314 valence electrons. The highest BCUT2D eigenvalue weighted by atomic mass is 16.7. The van der Waals surface area contributed by atoms with Crippen molar-refractivity contribution in [3.63, 3.8) is 0 Å². The van der Waals surface area contributed by atoms with Crippen molar-refractivity contribution in [1.82, 2.24) is 0 Å². The van der Waals surface area contributed by atoms with Gasteiger partial charge in [0.25, 0.3) is 0 Å². The predicted molar refractivity (Wildman–Crippen MR) is 210 cm³/mol. The number of hydrogen-bond acceptors (Lipinski definition) is 11. The van der Waals surface area contributed by atoms with E-state index in [2.05, 4.69) is 19.9 Å². The van der Waals surface area contributed by atoms with E-state index in [1.165, 1.54) is 39.8 Å². The van der Waals surface area contributed by atoms with Crippen LogP contribution in [0.1, 0.15) is 121 Å². The van der Waals surface area contributed by atoms with E-state index in [0.717, 1.165) is 19.3 Å². The van der Waals surface area contributed by atoms with Gasteiger partial charge >= 0.3 is 5.97 Å². The van der Waals surface area contributed by atoms with Crippen LogP contribution in [0.4, 0.5) is 0 Å². The number of carbonyl (C=O) groups excluding carboxylic acids is 3. The second-order valence-electron chi connectivity index (χ2n) is 17.6. The fourth-order valence-electron chi connectivity index (χ4n) is 8.60. The number of allylic oxidation sites excluding steroid dienone is 4. The van der Waals surface area contributed by atoms with Gasteiger partial charge in [0.05, 0.1) is 36.6 Å². The molecule has 3 aliphatic rings. The van der Waals surface area contributed by atoms with Crippen LogP contribution in [0, 0.1) is 47.3 Å². The largest absolute Gasteiger partial charge is 0.459 e. The minimum absolute atomic E-state index is 0.144. The molecule has 3 rings (SSSR count). The number of hydrogen-bond donors (Lipinski definition) is 5. The summed E-state index contributed by atoms with van der Waals surface area (Å²) in [4.78, 5) is 40.3. The summed E-state index contributed by atoms with van der Waals surface area (Å²) in [6, 6.07) is 0. The quantitative estimate of drug-likeness (QED) is 0.224. The molecule has 17 atom stereocenters. The van der Waals surface area contributed by atoms with Gasteiger partial charge in [0.1, 0.15) is 17.5 Å². The van der Waals surface area contributed by atoms with Gasteiger partial charge in [0.2, 0.25) is 0 Å². The Bertz CT molecular complexity index is 1350. The number of fused-ring (bicyclic) bond motifs is 2. The maximum atomic E-state index is 13.5. The van der Waals surface area contributed by atoms with Crippen molar-refractivity contribution in [3.8, 4) is 0 Å². The lowest BCUT2D eigenvalue weighted by Crippen LogP contribution is -2.57. The first kappa shape index (κ1) is 47.1. The molecule has 2 saturated heterocycles. The van der Waals surface area contributed by atoms with Crippen LogP contribution in [0.15, 0.2) is 36.5 Å². The maximum absolute atomic E-state index is 13.5. The van der Waals surface area contributed by atoms with E-state index in [-0.39, 0.29) is 30.0 Å². The van der Waals surface area contributed by atoms with Crippen LogP contribution in [0.2, 0.25) is 0 Å². The third-order valence-corrected chi connectivity index (χ3v) is 12.9. The van der Waals surface area contributed by atoms with Gasteiger partial charge in [-0.15, -0.1) is 0 Å². The summed E-state index contributed by atoms with van der Waals surface area (Å²) in [5, 5.41) is 54.9. The predicted octanol–water partition coefficient (Wildman–Crippen LogP) is 5.64. The number of aliphatic hydroxyl groups excluding tert-OH is 4. The smallest absolute Gasteiger partial charge is 0.330 e. The van der Waals surface area contributed by atoms with Gasteiger partial charge < -0.3 is 39.7 Å². The molecule has 11 nitrogen and oxygen atoms in total. The average molecular weight is 777 g/mol. The fourth-order valence-corrected chi connectivity index (χ4v) is 8.60. The van der Waals surface area contributed by atoms with Gasteiger partial charge in [-0.1, -0.05) is 85.8 Å². The summed E-state index contributed by atoms with van der Waals surface area (Å²) in [6.07, 6.45) is 10.1. The summed E-state index contributed by atoms with van der Waals surface area (Å²) in [6.45, 7) is 17.1. The van der Waals surface area contributed by atoms with Crippen molar-refractivity contribution in [2.24, 2.45) is 47.3 Å². The molecule has 0 aliphatic carbocycles. The van der Waals surface area contributed by atoms with Crippen LogP contribution in [-0.4, -0.2) is 97.2 Å². The van der Waals surface area contributed by atoms with Gasteiger partial charge in [-0.05, 0) is 70.1 Å². The third-order valence-electron chi connectivity index (χ3n) is 12.9. The molecular formula is C44H72O11. The van der Waals surface area contributed by atoms with E-state index in [1.807, 2.05) is 25.2 Å². The minimum Gasteiger partial charge on any atom is -0.459 e. The van der Waals surface area contributed by atoms with Crippen molar-refractivity contribution in [2.75, 3.05) is 0 Å². The Balaban J connectivity index is 1.95. The number of ether oxygens (including phenoxy) is 3. The van der Waals surface area contributed by atoms with Crippen LogP contribution < -0.4 is 0 Å². The minimum atomic E-state index is -2.18. The number of carbonyl (C=O) groups is 3. The van der Waals surface area contributed by atoms with Crippen LogP contribution in [0.5, 0.6) is 0 Å². The van der Waals surface area contributed by atoms with E-state index in [0.29, 0.717) is 32.1 Å². The topological polar surface area (TPSA) is 180 Å². The Hall–Kier alpha value is -2.25. The van der Waals surface area contributed by atoms with Crippen LogP contribution in [0.25, 0.3) is 0 Å². The highest BCUT2D eigenvalue weighted by Gasteiger charge is 2.51. The van der Waals surface area contributed by atoms with Gasteiger partial charge in [0, 0.05) is 48.5 Å². The molecular weight excluding hydrogens is 704 g/mol. The summed E-state index contributed by atoms with van der Waals surface area (Å²) in [7, 11) is 0. The molecule has 5 N–H and O–H groups in total. The first-order valence-corrected chi connectivity index (χ1v) is 20.8. The van der Waals surface area contributed by atoms with E-state index in [9.17, 15) is 39.9 Å². The summed E-state index contributed by atoms with van der Waals surface area (Å²) >= 11 is 0. The van der Waals surface area contributed by atoms with Gasteiger partial charge in [-0.2, -0.15) is 0 Å². The molecule has 1 spiro atoms. The third kappa shape index (κ3) is 12.1. The molecule has 0 aromatic heterocycles. The first-order chi connectivity index (χ1) is 25.6. The maximum Gasteiger partial charge on any atom is 0.330 e. The Morgan fingerprint density at radius 3 is 2.13 bits per heavy atom. The molecule has 0 aromatic rings.